The number of hydrogen-bond acceptors (Lipinski definition) is 4. The molecular weight excluding hydrogens is 259 g/mol. The van der Waals surface area contributed by atoms with Gasteiger partial charge in [-0.15, -0.1) is 0 Å². The molecule has 4 nitrogen and oxygen atoms in total. The Morgan fingerprint density at radius 2 is 2.00 bits per heavy atom. The standard InChI is InChI=1S/C9H8ClFO4S/c1-5-3-7(11)8(15-6(2)12)4-9(5)16(10,13)14/h3-4H,1-2H3. The zero-order valence-corrected chi connectivity index (χ0v) is 10.0. The van der Waals surface area contributed by atoms with Gasteiger partial charge >= 0.3 is 5.97 Å². The van der Waals surface area contributed by atoms with Gasteiger partial charge in [0.2, 0.25) is 0 Å². The van der Waals surface area contributed by atoms with E-state index < -0.39 is 26.6 Å². The first-order valence-corrected chi connectivity index (χ1v) is 6.46. The third kappa shape index (κ3) is 2.93. The van der Waals surface area contributed by atoms with Crippen LogP contribution in [-0.2, 0) is 13.8 Å². The van der Waals surface area contributed by atoms with E-state index in [1.807, 2.05) is 0 Å². The van der Waals surface area contributed by atoms with Crippen molar-refractivity contribution >= 4 is 25.7 Å². The van der Waals surface area contributed by atoms with Gasteiger partial charge in [0.1, 0.15) is 0 Å². The molecule has 0 radical (unpaired) electrons. The molecule has 1 aromatic rings. The molecule has 0 bridgehead atoms. The van der Waals surface area contributed by atoms with Crippen LogP contribution in [0.5, 0.6) is 5.75 Å². The van der Waals surface area contributed by atoms with Gasteiger partial charge in [-0.25, -0.2) is 12.8 Å². The van der Waals surface area contributed by atoms with Crippen LogP contribution in [0.2, 0.25) is 0 Å². The molecule has 7 heteroatoms. The summed E-state index contributed by atoms with van der Waals surface area (Å²) >= 11 is 0. The summed E-state index contributed by atoms with van der Waals surface area (Å²) in [7, 11) is 1.14. The molecule has 88 valence electrons. The molecule has 0 saturated carbocycles. The molecule has 0 heterocycles. The molecule has 0 unspecified atom stereocenters. The maximum Gasteiger partial charge on any atom is 0.308 e. The third-order valence-corrected chi connectivity index (χ3v) is 3.21. The maximum absolute atomic E-state index is 13.3. The van der Waals surface area contributed by atoms with Gasteiger partial charge < -0.3 is 4.74 Å². The van der Waals surface area contributed by atoms with Gasteiger partial charge in [-0.3, -0.25) is 4.79 Å². The SMILES string of the molecule is CC(=O)Oc1cc(S(=O)(=O)Cl)c(C)cc1F. The number of carbonyl (C=O) groups excluding carboxylic acids is 1. The van der Waals surface area contributed by atoms with Crippen molar-refractivity contribution in [2.45, 2.75) is 18.7 Å². The Morgan fingerprint density at radius 1 is 1.44 bits per heavy atom. The van der Waals surface area contributed by atoms with Crippen LogP contribution in [0.25, 0.3) is 0 Å². The Kier molecular flexibility index (Phi) is 3.54. The summed E-state index contributed by atoms with van der Waals surface area (Å²) in [5, 5.41) is 0. The summed E-state index contributed by atoms with van der Waals surface area (Å²) in [6.07, 6.45) is 0. The molecule has 16 heavy (non-hydrogen) atoms. The fraction of sp³-hybridized carbons (Fsp3) is 0.222. The van der Waals surface area contributed by atoms with Crippen LogP contribution >= 0.6 is 10.7 Å². The van der Waals surface area contributed by atoms with Crippen molar-refractivity contribution in [2.24, 2.45) is 0 Å². The molecule has 0 fully saturated rings. The van der Waals surface area contributed by atoms with Crippen molar-refractivity contribution in [1.82, 2.24) is 0 Å². The lowest BCUT2D eigenvalue weighted by atomic mass is 10.2. The quantitative estimate of drug-likeness (QED) is 0.467. The second kappa shape index (κ2) is 4.39. The second-order valence-electron chi connectivity index (χ2n) is 3.08. The van der Waals surface area contributed by atoms with Gasteiger partial charge in [-0.2, -0.15) is 0 Å². The number of rotatable bonds is 2. The minimum absolute atomic E-state index is 0.142. The van der Waals surface area contributed by atoms with Crippen LogP contribution in [0.15, 0.2) is 17.0 Å². The molecule has 0 aromatic heterocycles. The molecule has 0 amide bonds. The van der Waals surface area contributed by atoms with Crippen LogP contribution in [0.4, 0.5) is 4.39 Å². The smallest absolute Gasteiger partial charge is 0.308 e. The number of hydrogen-bond donors (Lipinski definition) is 0. The van der Waals surface area contributed by atoms with E-state index in [9.17, 15) is 17.6 Å². The van der Waals surface area contributed by atoms with Crippen LogP contribution in [0, 0.1) is 12.7 Å². The molecule has 0 atom stereocenters. The van der Waals surface area contributed by atoms with E-state index in [4.69, 9.17) is 10.7 Å². The molecule has 0 N–H and O–H groups in total. The molecule has 0 aliphatic carbocycles. The first kappa shape index (κ1) is 12.9. The van der Waals surface area contributed by atoms with E-state index in [1.54, 1.807) is 0 Å². The Bertz CT molecular complexity index is 539. The van der Waals surface area contributed by atoms with Gasteiger partial charge in [0.05, 0.1) is 4.90 Å². The van der Waals surface area contributed by atoms with Crippen LogP contribution in [-0.4, -0.2) is 14.4 Å². The molecule has 1 aromatic carbocycles. The Morgan fingerprint density at radius 3 is 2.44 bits per heavy atom. The molecule has 1 rings (SSSR count). The zero-order chi connectivity index (χ0) is 12.5. The van der Waals surface area contributed by atoms with Crippen LogP contribution < -0.4 is 4.74 Å². The first-order valence-electron chi connectivity index (χ1n) is 4.15. The summed E-state index contributed by atoms with van der Waals surface area (Å²) in [5.41, 5.74) is 0.142. The average Bonchev–Trinajstić information content (AvgIpc) is 2.06. The summed E-state index contributed by atoms with van der Waals surface area (Å²) < 4.78 is 40.0. The fourth-order valence-electron chi connectivity index (χ4n) is 1.13. The number of halogens is 2. The predicted molar refractivity (Wildman–Crippen MR) is 55.5 cm³/mol. The van der Waals surface area contributed by atoms with Crippen LogP contribution in [0.1, 0.15) is 12.5 Å². The normalized spacial score (nSPS) is 11.2. The number of benzene rings is 1. The van der Waals surface area contributed by atoms with Gasteiger partial charge in [0.15, 0.2) is 11.6 Å². The molecule has 0 spiro atoms. The minimum Gasteiger partial charge on any atom is -0.424 e. The Labute approximate surface area is 96.4 Å². The van der Waals surface area contributed by atoms with Gasteiger partial charge in [-0.1, -0.05) is 0 Å². The molecule has 0 saturated heterocycles. The van der Waals surface area contributed by atoms with Gasteiger partial charge in [0, 0.05) is 23.7 Å². The summed E-state index contributed by atoms with van der Waals surface area (Å²) in [5.74, 6) is -2.03. The van der Waals surface area contributed by atoms with E-state index in [0.717, 1.165) is 19.1 Å². The van der Waals surface area contributed by atoms with E-state index in [2.05, 4.69) is 4.74 Å². The Hall–Kier alpha value is -1.14. The highest BCUT2D eigenvalue weighted by Gasteiger charge is 2.18. The maximum atomic E-state index is 13.3. The summed E-state index contributed by atoms with van der Waals surface area (Å²) in [6, 6.07) is 1.82. The number of carbonyl (C=O) groups is 1. The van der Waals surface area contributed by atoms with Crippen molar-refractivity contribution in [2.75, 3.05) is 0 Å². The lowest BCUT2D eigenvalue weighted by molar-refractivity contribution is -0.132. The van der Waals surface area contributed by atoms with E-state index >= 15 is 0 Å². The average molecular weight is 267 g/mol. The van der Waals surface area contributed by atoms with E-state index in [-0.39, 0.29) is 10.5 Å². The monoisotopic (exact) mass is 266 g/mol. The molecule has 0 aliphatic heterocycles. The predicted octanol–water partition coefficient (Wildman–Crippen LogP) is 1.99. The van der Waals surface area contributed by atoms with Crippen molar-refractivity contribution in [3.63, 3.8) is 0 Å². The highest BCUT2D eigenvalue weighted by atomic mass is 35.7. The van der Waals surface area contributed by atoms with Crippen molar-refractivity contribution in [3.8, 4) is 5.75 Å². The zero-order valence-electron chi connectivity index (χ0n) is 8.45. The minimum atomic E-state index is -3.99. The van der Waals surface area contributed by atoms with Crippen molar-refractivity contribution in [1.29, 1.82) is 0 Å². The van der Waals surface area contributed by atoms with E-state index in [1.165, 1.54) is 6.92 Å². The molecule has 0 aliphatic rings. The van der Waals surface area contributed by atoms with Gasteiger partial charge in [-0.05, 0) is 18.6 Å². The van der Waals surface area contributed by atoms with Crippen LogP contribution in [0.3, 0.4) is 0 Å². The fourth-order valence-corrected chi connectivity index (χ4v) is 2.32. The van der Waals surface area contributed by atoms with E-state index in [0.29, 0.717) is 0 Å². The number of esters is 1. The summed E-state index contributed by atoms with van der Waals surface area (Å²) in [6.45, 7) is 2.46. The highest BCUT2D eigenvalue weighted by Crippen LogP contribution is 2.27. The lowest BCUT2D eigenvalue weighted by Gasteiger charge is -2.07. The topological polar surface area (TPSA) is 60.4 Å². The summed E-state index contributed by atoms with van der Waals surface area (Å²) in [4.78, 5) is 10.4. The van der Waals surface area contributed by atoms with Crippen molar-refractivity contribution < 1.29 is 22.3 Å². The number of aryl methyl sites for hydroxylation is 1. The Balaban J connectivity index is 3.38. The first-order chi connectivity index (χ1) is 7.21. The van der Waals surface area contributed by atoms with Crippen molar-refractivity contribution in [3.05, 3.63) is 23.5 Å². The number of ether oxygens (including phenoxy) is 1. The highest BCUT2D eigenvalue weighted by molar-refractivity contribution is 8.13. The molecular formula is C9H8ClFO4S. The third-order valence-electron chi connectivity index (χ3n) is 1.75. The second-order valence-corrected chi connectivity index (χ2v) is 5.61. The largest absolute Gasteiger partial charge is 0.424 e. The van der Waals surface area contributed by atoms with Gasteiger partial charge in [0.25, 0.3) is 9.05 Å². The lowest BCUT2D eigenvalue weighted by Crippen LogP contribution is -2.05.